The third-order valence-electron chi connectivity index (χ3n) is 4.48. The number of halogens is 1. The fourth-order valence-electron chi connectivity index (χ4n) is 3.14. The standard InChI is InChI=1S/C18H23N3O2S.ClH/c1-11-16(12-6-8-15(23-2)9-7-12)20-18(24-11)21-17(22)13-4-3-5-14(19)10-13;/h6-9,13-14H,3-5,10,19H2,1-2H3,(H,20,21,22);1H. The van der Waals surface area contributed by atoms with Crippen LogP contribution in [0.25, 0.3) is 11.3 Å². The summed E-state index contributed by atoms with van der Waals surface area (Å²) in [5, 5.41) is 3.63. The van der Waals surface area contributed by atoms with Crippen LogP contribution in [0.3, 0.4) is 0 Å². The maximum Gasteiger partial charge on any atom is 0.229 e. The van der Waals surface area contributed by atoms with Crippen LogP contribution in [0.2, 0.25) is 0 Å². The molecule has 136 valence electrons. The van der Waals surface area contributed by atoms with Gasteiger partial charge in [-0.3, -0.25) is 4.79 Å². The smallest absolute Gasteiger partial charge is 0.229 e. The second-order valence-electron chi connectivity index (χ2n) is 6.27. The van der Waals surface area contributed by atoms with Crippen LogP contribution >= 0.6 is 23.7 Å². The van der Waals surface area contributed by atoms with E-state index in [1.165, 1.54) is 11.3 Å². The van der Waals surface area contributed by atoms with Crippen LogP contribution in [0.15, 0.2) is 24.3 Å². The Morgan fingerprint density at radius 1 is 1.32 bits per heavy atom. The lowest BCUT2D eigenvalue weighted by Gasteiger charge is -2.25. The third-order valence-corrected chi connectivity index (χ3v) is 5.36. The Bertz CT molecular complexity index is 718. The molecule has 0 spiro atoms. The van der Waals surface area contributed by atoms with Gasteiger partial charge < -0.3 is 15.8 Å². The van der Waals surface area contributed by atoms with E-state index in [1.807, 2.05) is 31.2 Å². The molecule has 1 aromatic carbocycles. The topological polar surface area (TPSA) is 77.2 Å². The molecule has 25 heavy (non-hydrogen) atoms. The summed E-state index contributed by atoms with van der Waals surface area (Å²) >= 11 is 1.51. The Morgan fingerprint density at radius 2 is 2.04 bits per heavy atom. The molecule has 7 heteroatoms. The fraction of sp³-hybridized carbons (Fsp3) is 0.444. The van der Waals surface area contributed by atoms with Crippen molar-refractivity contribution in [2.24, 2.45) is 11.7 Å². The molecular weight excluding hydrogens is 358 g/mol. The number of aromatic nitrogens is 1. The second-order valence-corrected chi connectivity index (χ2v) is 7.47. The van der Waals surface area contributed by atoms with Crippen LogP contribution in [0.1, 0.15) is 30.6 Å². The molecule has 2 unspecified atom stereocenters. The Labute approximate surface area is 158 Å². The van der Waals surface area contributed by atoms with Crippen LogP contribution in [-0.4, -0.2) is 24.0 Å². The van der Waals surface area contributed by atoms with Crippen molar-refractivity contribution in [1.29, 1.82) is 0 Å². The average molecular weight is 382 g/mol. The lowest BCUT2D eigenvalue weighted by molar-refractivity contribution is -0.120. The SMILES string of the molecule is COc1ccc(-c2nc(NC(=O)C3CCCC(N)C3)sc2C)cc1.Cl. The van der Waals surface area contributed by atoms with Crippen molar-refractivity contribution in [3.63, 3.8) is 0 Å². The molecule has 0 radical (unpaired) electrons. The van der Waals surface area contributed by atoms with Crippen LogP contribution in [0, 0.1) is 12.8 Å². The van der Waals surface area contributed by atoms with Gasteiger partial charge in [0.1, 0.15) is 5.75 Å². The van der Waals surface area contributed by atoms with Gasteiger partial charge in [0, 0.05) is 22.4 Å². The molecule has 3 N–H and O–H groups in total. The number of thiazole rings is 1. The van der Waals surface area contributed by atoms with E-state index in [4.69, 9.17) is 10.5 Å². The number of aryl methyl sites for hydroxylation is 1. The van der Waals surface area contributed by atoms with E-state index in [-0.39, 0.29) is 30.3 Å². The van der Waals surface area contributed by atoms with Crippen molar-refractivity contribution in [1.82, 2.24) is 4.98 Å². The monoisotopic (exact) mass is 381 g/mol. The Morgan fingerprint density at radius 3 is 2.68 bits per heavy atom. The first kappa shape index (κ1) is 19.7. The van der Waals surface area contributed by atoms with Gasteiger partial charge in [0.05, 0.1) is 12.8 Å². The van der Waals surface area contributed by atoms with Crippen LogP contribution in [0.4, 0.5) is 5.13 Å². The minimum absolute atomic E-state index is 0. The second kappa shape index (κ2) is 8.65. The summed E-state index contributed by atoms with van der Waals surface area (Å²) in [5.74, 6) is 0.858. The van der Waals surface area contributed by atoms with E-state index >= 15 is 0 Å². The number of carbonyl (C=O) groups is 1. The molecule has 0 aliphatic heterocycles. The molecule has 1 aromatic heterocycles. The van der Waals surface area contributed by atoms with Crippen molar-refractivity contribution in [2.45, 2.75) is 38.6 Å². The van der Waals surface area contributed by atoms with E-state index in [1.54, 1.807) is 7.11 Å². The number of nitrogens with one attached hydrogen (secondary N) is 1. The molecule has 0 bridgehead atoms. The maximum atomic E-state index is 12.4. The van der Waals surface area contributed by atoms with Gasteiger partial charge in [-0.25, -0.2) is 4.98 Å². The molecule has 2 aromatic rings. The highest BCUT2D eigenvalue weighted by molar-refractivity contribution is 7.16. The van der Waals surface area contributed by atoms with Crippen molar-refractivity contribution in [2.75, 3.05) is 12.4 Å². The first-order chi connectivity index (χ1) is 11.6. The summed E-state index contributed by atoms with van der Waals surface area (Å²) in [5.41, 5.74) is 7.90. The van der Waals surface area contributed by atoms with Gasteiger partial charge in [0.2, 0.25) is 5.91 Å². The van der Waals surface area contributed by atoms with Crippen LogP contribution in [-0.2, 0) is 4.79 Å². The zero-order valence-electron chi connectivity index (χ0n) is 14.5. The summed E-state index contributed by atoms with van der Waals surface area (Å²) in [7, 11) is 1.65. The summed E-state index contributed by atoms with van der Waals surface area (Å²) in [4.78, 5) is 18.1. The fourth-order valence-corrected chi connectivity index (χ4v) is 3.98. The maximum absolute atomic E-state index is 12.4. The van der Waals surface area contributed by atoms with Gasteiger partial charge >= 0.3 is 0 Å². The number of nitrogens with two attached hydrogens (primary N) is 1. The summed E-state index contributed by atoms with van der Waals surface area (Å²) in [6.07, 6.45) is 3.71. The Hall–Kier alpha value is -1.63. The number of ether oxygens (including phenoxy) is 1. The van der Waals surface area contributed by atoms with E-state index < -0.39 is 0 Å². The molecule has 1 amide bonds. The number of carbonyl (C=O) groups excluding carboxylic acids is 1. The van der Waals surface area contributed by atoms with Gasteiger partial charge in [0.25, 0.3) is 0 Å². The van der Waals surface area contributed by atoms with Crippen molar-refractivity contribution < 1.29 is 9.53 Å². The number of rotatable bonds is 4. The lowest BCUT2D eigenvalue weighted by Crippen LogP contribution is -2.34. The van der Waals surface area contributed by atoms with Gasteiger partial charge in [-0.1, -0.05) is 6.42 Å². The van der Waals surface area contributed by atoms with Gasteiger partial charge in [-0.15, -0.1) is 23.7 Å². The minimum atomic E-state index is 0. The number of benzene rings is 1. The first-order valence-corrected chi connectivity index (χ1v) is 9.06. The molecule has 3 rings (SSSR count). The number of amides is 1. The van der Waals surface area contributed by atoms with Gasteiger partial charge in [-0.05, 0) is 50.5 Å². The Balaban J connectivity index is 0.00000225. The van der Waals surface area contributed by atoms with E-state index in [9.17, 15) is 4.79 Å². The average Bonchev–Trinajstić information content (AvgIpc) is 2.95. The number of methoxy groups -OCH3 is 1. The number of nitrogens with zero attached hydrogens (tertiary/aromatic N) is 1. The molecule has 1 fully saturated rings. The summed E-state index contributed by atoms with van der Waals surface area (Å²) < 4.78 is 5.18. The van der Waals surface area contributed by atoms with Gasteiger partial charge in [-0.2, -0.15) is 0 Å². The van der Waals surface area contributed by atoms with Crippen molar-refractivity contribution in [3.8, 4) is 17.0 Å². The molecule has 1 heterocycles. The Kier molecular flexibility index (Phi) is 6.81. The normalized spacial score (nSPS) is 19.8. The number of hydrogen-bond donors (Lipinski definition) is 2. The summed E-state index contributed by atoms with van der Waals surface area (Å²) in [6.45, 7) is 2.02. The van der Waals surface area contributed by atoms with E-state index in [0.29, 0.717) is 5.13 Å². The largest absolute Gasteiger partial charge is 0.497 e. The van der Waals surface area contributed by atoms with E-state index in [2.05, 4.69) is 10.3 Å². The number of hydrogen-bond acceptors (Lipinski definition) is 5. The molecule has 0 saturated heterocycles. The highest BCUT2D eigenvalue weighted by Gasteiger charge is 2.26. The van der Waals surface area contributed by atoms with Crippen LogP contribution in [0.5, 0.6) is 5.75 Å². The molecule has 1 aliphatic carbocycles. The van der Waals surface area contributed by atoms with Crippen LogP contribution < -0.4 is 15.8 Å². The lowest BCUT2D eigenvalue weighted by atomic mass is 9.86. The first-order valence-electron chi connectivity index (χ1n) is 8.25. The molecule has 5 nitrogen and oxygen atoms in total. The highest BCUT2D eigenvalue weighted by Crippen LogP contribution is 2.32. The predicted octanol–water partition coefficient (Wildman–Crippen LogP) is 4.00. The quantitative estimate of drug-likeness (QED) is 0.838. The molecule has 1 saturated carbocycles. The van der Waals surface area contributed by atoms with Crippen molar-refractivity contribution >= 4 is 34.8 Å². The summed E-state index contributed by atoms with van der Waals surface area (Å²) in [6, 6.07) is 7.92. The molecular formula is C18H24ClN3O2S. The van der Waals surface area contributed by atoms with Crippen molar-refractivity contribution in [3.05, 3.63) is 29.1 Å². The van der Waals surface area contributed by atoms with Gasteiger partial charge in [0.15, 0.2) is 5.13 Å². The zero-order valence-corrected chi connectivity index (χ0v) is 16.1. The zero-order chi connectivity index (χ0) is 17.1. The predicted molar refractivity (Wildman–Crippen MR) is 105 cm³/mol. The molecule has 2 atom stereocenters. The molecule has 1 aliphatic rings. The van der Waals surface area contributed by atoms with E-state index in [0.717, 1.165) is 47.6 Å². The number of anilines is 1. The highest BCUT2D eigenvalue weighted by atomic mass is 35.5. The third kappa shape index (κ3) is 4.71. The minimum Gasteiger partial charge on any atom is -0.497 e.